The Morgan fingerprint density at radius 2 is 2.00 bits per heavy atom. The predicted molar refractivity (Wildman–Crippen MR) is 73.4 cm³/mol. The van der Waals surface area contributed by atoms with Crippen LogP contribution in [-0.2, 0) is 0 Å². The first-order chi connectivity index (χ1) is 9.72. The summed E-state index contributed by atoms with van der Waals surface area (Å²) in [6.07, 6.45) is 0. The van der Waals surface area contributed by atoms with Crippen molar-refractivity contribution in [3.8, 4) is 17.2 Å². The van der Waals surface area contributed by atoms with E-state index in [9.17, 15) is 4.79 Å². The number of hydrogen-bond acceptors (Lipinski definition) is 3. The third-order valence-corrected chi connectivity index (χ3v) is 4.02. The monoisotopic (exact) mass is 267 g/mol. The molecule has 0 saturated heterocycles. The summed E-state index contributed by atoms with van der Waals surface area (Å²) in [5.41, 5.74) is 2.63. The van der Waals surface area contributed by atoms with Crippen molar-refractivity contribution in [2.75, 3.05) is 14.2 Å². The molecule has 4 heteroatoms. The van der Waals surface area contributed by atoms with Crippen LogP contribution < -0.4 is 9.47 Å². The summed E-state index contributed by atoms with van der Waals surface area (Å²) in [4.78, 5) is 14.1. The Morgan fingerprint density at radius 3 is 2.80 bits per heavy atom. The van der Waals surface area contributed by atoms with Crippen LogP contribution in [-0.4, -0.2) is 25.0 Å². The van der Waals surface area contributed by atoms with Gasteiger partial charge in [-0.3, -0.25) is 4.79 Å². The number of methoxy groups -OCH3 is 1. The molecule has 1 unspecified atom stereocenters. The highest BCUT2D eigenvalue weighted by atomic mass is 16.5. The molecule has 1 amide bonds. The van der Waals surface area contributed by atoms with E-state index in [1.807, 2.05) is 37.4 Å². The molecule has 0 aliphatic carbocycles. The van der Waals surface area contributed by atoms with Gasteiger partial charge in [0.2, 0.25) is 0 Å². The fourth-order valence-electron chi connectivity index (χ4n) is 3.08. The molecule has 2 aliphatic heterocycles. The lowest BCUT2D eigenvalue weighted by Crippen LogP contribution is -2.25. The molecule has 0 saturated carbocycles. The first-order valence-corrected chi connectivity index (χ1v) is 6.47. The predicted octanol–water partition coefficient (Wildman–Crippen LogP) is 2.98. The smallest absolute Gasteiger partial charge is 0.254 e. The van der Waals surface area contributed by atoms with Crippen molar-refractivity contribution in [3.05, 3.63) is 53.1 Å². The third kappa shape index (κ3) is 1.23. The van der Waals surface area contributed by atoms with Crippen molar-refractivity contribution < 1.29 is 14.3 Å². The number of ether oxygens (including phenoxy) is 2. The summed E-state index contributed by atoms with van der Waals surface area (Å²) in [6, 6.07) is 11.3. The minimum absolute atomic E-state index is 0.0224. The number of carbonyl (C=O) groups is 1. The van der Waals surface area contributed by atoms with Gasteiger partial charge in [-0.25, -0.2) is 0 Å². The number of nitrogens with zero attached hydrogens (tertiary/aromatic N) is 1. The van der Waals surface area contributed by atoms with Crippen molar-refractivity contribution >= 4 is 5.91 Å². The van der Waals surface area contributed by atoms with Crippen molar-refractivity contribution in [1.29, 1.82) is 0 Å². The van der Waals surface area contributed by atoms with Crippen molar-refractivity contribution in [3.63, 3.8) is 0 Å². The number of carbonyl (C=O) groups excluding carboxylic acids is 1. The van der Waals surface area contributed by atoms with Gasteiger partial charge in [-0.15, -0.1) is 0 Å². The molecule has 2 aliphatic rings. The van der Waals surface area contributed by atoms with Crippen LogP contribution in [0.25, 0.3) is 0 Å². The number of rotatable bonds is 1. The Morgan fingerprint density at radius 1 is 1.20 bits per heavy atom. The number of amides is 1. The van der Waals surface area contributed by atoms with Gasteiger partial charge in [-0.05, 0) is 18.2 Å². The molecule has 0 radical (unpaired) electrons. The average molecular weight is 267 g/mol. The number of benzene rings is 2. The molecule has 0 N–H and O–H groups in total. The Balaban J connectivity index is 2.05. The molecule has 2 aromatic rings. The first-order valence-electron chi connectivity index (χ1n) is 6.47. The van der Waals surface area contributed by atoms with E-state index >= 15 is 0 Å². The molecule has 0 bridgehead atoms. The molecule has 2 heterocycles. The van der Waals surface area contributed by atoms with Gasteiger partial charge in [0.05, 0.1) is 13.2 Å². The summed E-state index contributed by atoms with van der Waals surface area (Å²) >= 11 is 0. The van der Waals surface area contributed by atoms with E-state index in [1.165, 1.54) is 0 Å². The third-order valence-electron chi connectivity index (χ3n) is 4.02. The van der Waals surface area contributed by atoms with Crippen LogP contribution in [0.4, 0.5) is 0 Å². The highest BCUT2D eigenvalue weighted by Crippen LogP contribution is 2.53. The van der Waals surface area contributed by atoms with Gasteiger partial charge >= 0.3 is 0 Å². The van der Waals surface area contributed by atoms with Crippen LogP contribution in [0.1, 0.15) is 27.5 Å². The molecule has 4 rings (SSSR count). The van der Waals surface area contributed by atoms with Crippen molar-refractivity contribution in [2.24, 2.45) is 0 Å². The van der Waals surface area contributed by atoms with Gasteiger partial charge in [-0.2, -0.15) is 0 Å². The summed E-state index contributed by atoms with van der Waals surface area (Å²) in [5, 5.41) is 0. The van der Waals surface area contributed by atoms with Crippen LogP contribution in [0.15, 0.2) is 36.4 Å². The summed E-state index contributed by atoms with van der Waals surface area (Å²) in [7, 11) is 3.43. The van der Waals surface area contributed by atoms with E-state index in [4.69, 9.17) is 9.47 Å². The molecule has 0 fully saturated rings. The zero-order valence-corrected chi connectivity index (χ0v) is 11.2. The van der Waals surface area contributed by atoms with E-state index in [0.717, 1.165) is 16.9 Å². The lowest BCUT2D eigenvalue weighted by atomic mass is 9.93. The Labute approximate surface area is 116 Å². The van der Waals surface area contributed by atoms with E-state index < -0.39 is 0 Å². The first kappa shape index (κ1) is 11.3. The van der Waals surface area contributed by atoms with Crippen LogP contribution in [0.3, 0.4) is 0 Å². The standard InChI is InChI=1S/C16H13NO3/c1-17-14-9-5-3-4-6-11(9)20-15-12(19-2)8-7-10(13(14)15)16(17)18/h3-8,14H,1-2H3. The fraction of sp³-hybridized carbons (Fsp3) is 0.188. The second-order valence-electron chi connectivity index (χ2n) is 5.02. The molecule has 0 spiro atoms. The molecule has 1 atom stereocenters. The van der Waals surface area contributed by atoms with Crippen LogP contribution >= 0.6 is 0 Å². The quantitative estimate of drug-likeness (QED) is 0.797. The fourth-order valence-corrected chi connectivity index (χ4v) is 3.08. The van der Waals surface area contributed by atoms with Crippen LogP contribution in [0.5, 0.6) is 17.2 Å². The Kier molecular flexibility index (Phi) is 2.13. The number of hydrogen-bond donors (Lipinski definition) is 0. The largest absolute Gasteiger partial charge is 0.493 e. The maximum Gasteiger partial charge on any atom is 0.254 e. The topological polar surface area (TPSA) is 38.8 Å². The number of fused-ring (bicyclic) bond motifs is 2. The molecule has 4 nitrogen and oxygen atoms in total. The van der Waals surface area contributed by atoms with Crippen LogP contribution in [0.2, 0.25) is 0 Å². The SMILES string of the molecule is COc1ccc2c3c1Oc1ccccc1C3N(C)C2=O. The van der Waals surface area contributed by atoms with E-state index in [0.29, 0.717) is 17.1 Å². The lowest BCUT2D eigenvalue weighted by molar-refractivity contribution is 0.0791. The second-order valence-corrected chi connectivity index (χ2v) is 5.02. The van der Waals surface area contributed by atoms with Gasteiger partial charge < -0.3 is 14.4 Å². The summed E-state index contributed by atoms with van der Waals surface area (Å²) in [5.74, 6) is 2.12. The minimum atomic E-state index is -0.0902. The summed E-state index contributed by atoms with van der Waals surface area (Å²) < 4.78 is 11.4. The second kappa shape index (κ2) is 3.76. The molecule has 100 valence electrons. The molecular formula is C16H13NO3. The summed E-state index contributed by atoms with van der Waals surface area (Å²) in [6.45, 7) is 0. The Bertz CT molecular complexity index is 738. The highest BCUT2D eigenvalue weighted by Gasteiger charge is 2.43. The molecule has 0 aromatic heterocycles. The zero-order chi connectivity index (χ0) is 13.9. The molecule has 20 heavy (non-hydrogen) atoms. The van der Waals surface area contributed by atoms with Gasteiger partial charge in [0.25, 0.3) is 5.91 Å². The maximum atomic E-state index is 12.4. The van der Waals surface area contributed by atoms with E-state index in [2.05, 4.69) is 0 Å². The van der Waals surface area contributed by atoms with E-state index in [-0.39, 0.29) is 11.9 Å². The molecular weight excluding hydrogens is 254 g/mol. The maximum absolute atomic E-state index is 12.4. The van der Waals surface area contributed by atoms with Gasteiger partial charge in [-0.1, -0.05) is 18.2 Å². The van der Waals surface area contributed by atoms with Gasteiger partial charge in [0.15, 0.2) is 11.5 Å². The molecule has 2 aromatic carbocycles. The highest BCUT2D eigenvalue weighted by molar-refractivity contribution is 6.01. The van der Waals surface area contributed by atoms with Gasteiger partial charge in [0, 0.05) is 23.7 Å². The normalized spacial score (nSPS) is 18.4. The zero-order valence-electron chi connectivity index (χ0n) is 11.2. The average Bonchev–Trinajstić information content (AvgIpc) is 2.74. The van der Waals surface area contributed by atoms with E-state index in [1.54, 1.807) is 18.1 Å². The Hall–Kier alpha value is -2.49. The number of para-hydroxylation sites is 1. The van der Waals surface area contributed by atoms with Crippen LogP contribution in [0, 0.1) is 0 Å². The minimum Gasteiger partial charge on any atom is -0.493 e. The van der Waals surface area contributed by atoms with Crippen molar-refractivity contribution in [1.82, 2.24) is 4.90 Å². The van der Waals surface area contributed by atoms with Crippen molar-refractivity contribution in [2.45, 2.75) is 6.04 Å². The van der Waals surface area contributed by atoms with Gasteiger partial charge in [0.1, 0.15) is 5.75 Å². The lowest BCUT2D eigenvalue weighted by Gasteiger charge is -2.29.